The van der Waals surface area contributed by atoms with Crippen LogP contribution in [0.2, 0.25) is 0 Å². The molecule has 0 radical (unpaired) electrons. The molecule has 0 aromatic heterocycles. The van der Waals surface area contributed by atoms with Crippen molar-refractivity contribution in [1.29, 1.82) is 0 Å². The Balaban J connectivity index is 3.32. The average Bonchev–Trinajstić information content (AvgIpc) is 1.84. The lowest BCUT2D eigenvalue weighted by molar-refractivity contribution is -0.152. The smallest absolute Gasteiger partial charge is 0.324 e. The van der Waals surface area contributed by atoms with E-state index in [0.29, 0.717) is 24.8 Å². The van der Waals surface area contributed by atoms with Gasteiger partial charge in [-0.3, -0.25) is 4.79 Å². The minimum Gasteiger partial charge on any atom is -0.371 e. The standard InChI is InChI=1S/C9H19NO2/c1-7(2)5-9(11)12-10-6-8(3)4/h7-8,10H,5-6H2,1-4H3. The maximum absolute atomic E-state index is 11.0. The lowest BCUT2D eigenvalue weighted by Gasteiger charge is -2.08. The van der Waals surface area contributed by atoms with Crippen LogP contribution in [0.25, 0.3) is 0 Å². The van der Waals surface area contributed by atoms with Gasteiger partial charge in [-0.15, -0.1) is 0 Å². The van der Waals surface area contributed by atoms with Crippen LogP contribution in [-0.2, 0) is 9.63 Å². The van der Waals surface area contributed by atoms with E-state index in [1.165, 1.54) is 0 Å². The molecule has 0 bridgehead atoms. The van der Waals surface area contributed by atoms with E-state index in [2.05, 4.69) is 19.3 Å². The van der Waals surface area contributed by atoms with E-state index in [9.17, 15) is 4.79 Å². The first kappa shape index (κ1) is 11.4. The number of rotatable bonds is 5. The number of hydrogen-bond donors (Lipinski definition) is 1. The maximum Gasteiger partial charge on any atom is 0.324 e. The number of hydroxylamine groups is 1. The Labute approximate surface area is 74.4 Å². The molecule has 0 aromatic rings. The molecule has 72 valence electrons. The third-order valence-electron chi connectivity index (χ3n) is 1.25. The number of hydrogen-bond acceptors (Lipinski definition) is 3. The van der Waals surface area contributed by atoms with E-state index in [-0.39, 0.29) is 5.97 Å². The quantitative estimate of drug-likeness (QED) is 0.643. The zero-order valence-corrected chi connectivity index (χ0v) is 8.39. The highest BCUT2D eigenvalue weighted by Gasteiger charge is 2.05. The molecule has 0 aliphatic rings. The van der Waals surface area contributed by atoms with Gasteiger partial charge in [0.1, 0.15) is 0 Å². The highest BCUT2D eigenvalue weighted by molar-refractivity contribution is 5.69. The first-order chi connectivity index (χ1) is 5.52. The zero-order chi connectivity index (χ0) is 9.56. The normalized spacial score (nSPS) is 10.8. The highest BCUT2D eigenvalue weighted by Crippen LogP contribution is 1.99. The van der Waals surface area contributed by atoms with Gasteiger partial charge in [0.2, 0.25) is 0 Å². The summed E-state index contributed by atoms with van der Waals surface area (Å²) < 4.78 is 0. The van der Waals surface area contributed by atoms with Crippen LogP contribution in [0.4, 0.5) is 0 Å². The molecular weight excluding hydrogens is 154 g/mol. The summed E-state index contributed by atoms with van der Waals surface area (Å²) in [5.41, 5.74) is 2.64. The predicted molar refractivity (Wildman–Crippen MR) is 48.4 cm³/mol. The summed E-state index contributed by atoms with van der Waals surface area (Å²) in [6.45, 7) is 8.81. The van der Waals surface area contributed by atoms with Crippen molar-refractivity contribution in [2.24, 2.45) is 11.8 Å². The fourth-order valence-corrected chi connectivity index (χ4v) is 0.664. The van der Waals surface area contributed by atoms with Gasteiger partial charge in [0.05, 0.1) is 0 Å². The summed E-state index contributed by atoms with van der Waals surface area (Å²) in [6.07, 6.45) is 0.477. The molecule has 0 fully saturated rings. The summed E-state index contributed by atoms with van der Waals surface area (Å²) in [4.78, 5) is 15.7. The fraction of sp³-hybridized carbons (Fsp3) is 0.889. The van der Waals surface area contributed by atoms with Crippen LogP contribution in [0.15, 0.2) is 0 Å². The molecule has 0 spiro atoms. The first-order valence-corrected chi connectivity index (χ1v) is 4.45. The molecule has 0 heterocycles. The molecule has 0 rings (SSSR count). The molecule has 0 atom stereocenters. The van der Waals surface area contributed by atoms with E-state index in [1.54, 1.807) is 0 Å². The summed E-state index contributed by atoms with van der Waals surface area (Å²) >= 11 is 0. The Morgan fingerprint density at radius 3 is 2.25 bits per heavy atom. The van der Waals surface area contributed by atoms with Gasteiger partial charge in [0.15, 0.2) is 0 Å². The zero-order valence-electron chi connectivity index (χ0n) is 8.39. The molecule has 1 N–H and O–H groups in total. The number of carbonyl (C=O) groups is 1. The van der Waals surface area contributed by atoms with Gasteiger partial charge in [0, 0.05) is 13.0 Å². The van der Waals surface area contributed by atoms with Gasteiger partial charge in [0.25, 0.3) is 0 Å². The van der Waals surface area contributed by atoms with Crippen molar-refractivity contribution in [3.63, 3.8) is 0 Å². The Kier molecular flexibility index (Phi) is 5.72. The minimum absolute atomic E-state index is 0.175. The molecule has 0 aromatic carbocycles. The third kappa shape index (κ3) is 7.54. The first-order valence-electron chi connectivity index (χ1n) is 4.45. The van der Waals surface area contributed by atoms with Crippen molar-refractivity contribution in [1.82, 2.24) is 5.48 Å². The van der Waals surface area contributed by atoms with Gasteiger partial charge >= 0.3 is 5.97 Å². The van der Waals surface area contributed by atoms with Crippen molar-refractivity contribution >= 4 is 5.97 Å². The largest absolute Gasteiger partial charge is 0.371 e. The molecule has 0 saturated carbocycles. The van der Waals surface area contributed by atoms with Crippen LogP contribution < -0.4 is 5.48 Å². The van der Waals surface area contributed by atoms with Crippen molar-refractivity contribution in [2.75, 3.05) is 6.54 Å². The molecule has 12 heavy (non-hydrogen) atoms. The summed E-state index contributed by atoms with van der Waals surface area (Å²) in [7, 11) is 0. The second-order valence-corrected chi connectivity index (χ2v) is 3.81. The van der Waals surface area contributed by atoms with E-state index >= 15 is 0 Å². The van der Waals surface area contributed by atoms with Crippen LogP contribution in [0.1, 0.15) is 34.1 Å². The van der Waals surface area contributed by atoms with E-state index in [0.717, 1.165) is 0 Å². The fourth-order valence-electron chi connectivity index (χ4n) is 0.664. The summed E-state index contributed by atoms with van der Waals surface area (Å²) in [5.74, 6) is 0.681. The minimum atomic E-state index is -0.175. The van der Waals surface area contributed by atoms with Crippen molar-refractivity contribution in [3.8, 4) is 0 Å². The Morgan fingerprint density at radius 2 is 1.83 bits per heavy atom. The van der Waals surface area contributed by atoms with Crippen LogP contribution in [0.3, 0.4) is 0 Å². The molecule has 0 aliphatic heterocycles. The van der Waals surface area contributed by atoms with Gasteiger partial charge in [-0.05, 0) is 11.8 Å². The molecular formula is C9H19NO2. The van der Waals surface area contributed by atoms with Crippen LogP contribution in [0.5, 0.6) is 0 Å². The monoisotopic (exact) mass is 173 g/mol. The van der Waals surface area contributed by atoms with Crippen molar-refractivity contribution in [3.05, 3.63) is 0 Å². The lowest BCUT2D eigenvalue weighted by Crippen LogP contribution is -2.24. The number of nitrogens with one attached hydrogen (secondary N) is 1. The lowest BCUT2D eigenvalue weighted by atomic mass is 10.1. The van der Waals surface area contributed by atoms with Crippen LogP contribution >= 0.6 is 0 Å². The molecule has 0 amide bonds. The Hall–Kier alpha value is -0.570. The highest BCUT2D eigenvalue weighted by atomic mass is 16.7. The van der Waals surface area contributed by atoms with Crippen molar-refractivity contribution < 1.29 is 9.63 Å². The summed E-state index contributed by atoms with van der Waals surface area (Å²) in [6, 6.07) is 0. The van der Waals surface area contributed by atoms with E-state index in [4.69, 9.17) is 4.84 Å². The van der Waals surface area contributed by atoms with Crippen LogP contribution in [-0.4, -0.2) is 12.5 Å². The van der Waals surface area contributed by atoms with Gasteiger partial charge in [-0.25, -0.2) is 0 Å². The predicted octanol–water partition coefficient (Wildman–Crippen LogP) is 1.74. The molecule has 3 nitrogen and oxygen atoms in total. The van der Waals surface area contributed by atoms with E-state index in [1.807, 2.05) is 13.8 Å². The molecule has 0 aliphatic carbocycles. The maximum atomic E-state index is 11.0. The number of carbonyl (C=O) groups excluding carboxylic acids is 1. The van der Waals surface area contributed by atoms with Crippen molar-refractivity contribution in [2.45, 2.75) is 34.1 Å². The molecule has 3 heteroatoms. The second-order valence-electron chi connectivity index (χ2n) is 3.81. The van der Waals surface area contributed by atoms with Gasteiger partial charge in [-0.1, -0.05) is 27.7 Å². The average molecular weight is 173 g/mol. The third-order valence-corrected chi connectivity index (χ3v) is 1.25. The van der Waals surface area contributed by atoms with Gasteiger partial charge < -0.3 is 4.84 Å². The Morgan fingerprint density at radius 1 is 1.25 bits per heavy atom. The topological polar surface area (TPSA) is 38.3 Å². The second kappa shape index (κ2) is 6.00. The van der Waals surface area contributed by atoms with E-state index < -0.39 is 0 Å². The van der Waals surface area contributed by atoms with Crippen LogP contribution in [0, 0.1) is 11.8 Å². The summed E-state index contributed by atoms with van der Waals surface area (Å²) in [5, 5.41) is 0. The molecule has 0 unspecified atom stereocenters. The van der Waals surface area contributed by atoms with Gasteiger partial charge in [-0.2, -0.15) is 5.48 Å². The SMILES string of the molecule is CC(C)CNOC(=O)CC(C)C. The molecule has 0 saturated heterocycles. The Bertz CT molecular complexity index is 132.